The van der Waals surface area contributed by atoms with Gasteiger partial charge >= 0.3 is 0 Å². The van der Waals surface area contributed by atoms with Gasteiger partial charge < -0.3 is 19.7 Å². The van der Waals surface area contributed by atoms with Crippen molar-refractivity contribution in [3.05, 3.63) is 83.9 Å². The number of sulfonamides is 1. The second-order valence-electron chi connectivity index (χ2n) is 11.1. The van der Waals surface area contributed by atoms with Crippen LogP contribution in [0.5, 0.6) is 11.5 Å². The molecular weight excluding hydrogens is 578 g/mol. The average molecular weight is 622 g/mol. The Hall–Kier alpha value is -4.05. The molecule has 1 fully saturated rings. The number of anilines is 1. The van der Waals surface area contributed by atoms with Crippen molar-refractivity contribution in [3.8, 4) is 11.5 Å². The van der Waals surface area contributed by atoms with Crippen LogP contribution in [0.1, 0.15) is 56.6 Å². The third-order valence-electron chi connectivity index (χ3n) is 8.08. The molecule has 44 heavy (non-hydrogen) atoms. The fourth-order valence-electron chi connectivity index (χ4n) is 5.59. The van der Waals surface area contributed by atoms with Gasteiger partial charge in [-0.1, -0.05) is 74.2 Å². The Kier molecular flexibility index (Phi) is 11.3. The van der Waals surface area contributed by atoms with Gasteiger partial charge in [0.2, 0.25) is 11.8 Å². The highest BCUT2D eigenvalue weighted by Gasteiger charge is 2.35. The largest absolute Gasteiger partial charge is 0.497 e. The molecule has 4 rings (SSSR count). The Morgan fingerprint density at radius 3 is 2.23 bits per heavy atom. The van der Waals surface area contributed by atoms with Gasteiger partial charge in [-0.25, -0.2) is 8.42 Å². The highest BCUT2D eigenvalue weighted by molar-refractivity contribution is 7.92. The van der Waals surface area contributed by atoms with Crippen molar-refractivity contribution in [1.82, 2.24) is 10.2 Å². The topological polar surface area (TPSA) is 105 Å². The number of methoxy groups -OCH3 is 2. The molecule has 0 bridgehead atoms. The van der Waals surface area contributed by atoms with Gasteiger partial charge in [-0.15, -0.1) is 0 Å². The highest BCUT2D eigenvalue weighted by Crippen LogP contribution is 2.36. The summed E-state index contributed by atoms with van der Waals surface area (Å²) >= 11 is 0. The first-order valence-corrected chi connectivity index (χ1v) is 16.6. The van der Waals surface area contributed by atoms with E-state index in [2.05, 4.69) is 5.32 Å². The Morgan fingerprint density at radius 1 is 0.932 bits per heavy atom. The molecule has 2 amide bonds. The quantitative estimate of drug-likeness (QED) is 0.272. The zero-order valence-electron chi connectivity index (χ0n) is 26.0. The molecule has 0 saturated heterocycles. The molecule has 236 valence electrons. The van der Waals surface area contributed by atoms with E-state index < -0.39 is 28.5 Å². The number of nitrogens with zero attached hydrogens (tertiary/aromatic N) is 2. The van der Waals surface area contributed by atoms with Crippen LogP contribution in [0.3, 0.4) is 0 Å². The second-order valence-corrected chi connectivity index (χ2v) is 13.0. The Labute approximate surface area is 261 Å². The van der Waals surface area contributed by atoms with E-state index in [0.717, 1.165) is 47.5 Å². The van der Waals surface area contributed by atoms with Crippen LogP contribution in [-0.4, -0.2) is 58.0 Å². The molecule has 0 spiro atoms. The van der Waals surface area contributed by atoms with Crippen LogP contribution in [0.25, 0.3) is 0 Å². The van der Waals surface area contributed by atoms with E-state index in [1.807, 2.05) is 44.2 Å². The minimum Gasteiger partial charge on any atom is -0.497 e. The van der Waals surface area contributed by atoms with Crippen molar-refractivity contribution >= 4 is 27.5 Å². The molecule has 1 N–H and O–H groups in total. The minimum atomic E-state index is -4.26. The van der Waals surface area contributed by atoms with Crippen LogP contribution in [0.2, 0.25) is 0 Å². The number of rotatable bonds is 13. The summed E-state index contributed by atoms with van der Waals surface area (Å²) in [6.45, 7) is 3.32. The first kappa shape index (κ1) is 32.9. The van der Waals surface area contributed by atoms with Crippen LogP contribution >= 0.6 is 0 Å². The maximum Gasteiger partial charge on any atom is 0.264 e. The number of hydrogen-bond acceptors (Lipinski definition) is 6. The lowest BCUT2D eigenvalue weighted by molar-refractivity contribution is -0.140. The van der Waals surface area contributed by atoms with Gasteiger partial charge in [0.05, 0.1) is 24.8 Å². The van der Waals surface area contributed by atoms with E-state index in [1.165, 1.54) is 37.3 Å². The van der Waals surface area contributed by atoms with E-state index in [1.54, 1.807) is 24.3 Å². The number of carbonyl (C=O) groups is 2. The van der Waals surface area contributed by atoms with Crippen LogP contribution in [0.4, 0.5) is 5.69 Å². The number of hydrogen-bond donors (Lipinski definition) is 1. The van der Waals surface area contributed by atoms with Crippen LogP contribution in [0, 0.1) is 6.92 Å². The Bertz CT molecular complexity index is 1510. The monoisotopic (exact) mass is 621 g/mol. The van der Waals surface area contributed by atoms with Gasteiger partial charge in [-0.3, -0.25) is 13.9 Å². The molecule has 0 heterocycles. The molecule has 1 aliphatic carbocycles. The average Bonchev–Trinajstić information content (AvgIpc) is 3.04. The van der Waals surface area contributed by atoms with Crippen molar-refractivity contribution in [2.24, 2.45) is 0 Å². The van der Waals surface area contributed by atoms with E-state index in [4.69, 9.17) is 9.47 Å². The zero-order valence-corrected chi connectivity index (χ0v) is 26.8. The summed E-state index contributed by atoms with van der Waals surface area (Å²) in [4.78, 5) is 29.6. The van der Waals surface area contributed by atoms with Gasteiger partial charge in [0, 0.05) is 18.7 Å². The predicted molar refractivity (Wildman–Crippen MR) is 171 cm³/mol. The summed E-state index contributed by atoms with van der Waals surface area (Å²) in [7, 11) is -1.34. The predicted octanol–water partition coefficient (Wildman–Crippen LogP) is 5.46. The van der Waals surface area contributed by atoms with Crippen LogP contribution in [-0.2, 0) is 26.2 Å². The summed E-state index contributed by atoms with van der Waals surface area (Å²) in [6, 6.07) is 19.9. The summed E-state index contributed by atoms with van der Waals surface area (Å²) in [5, 5.41) is 3.17. The molecule has 9 nitrogen and oxygen atoms in total. The normalized spacial score (nSPS) is 14.4. The summed E-state index contributed by atoms with van der Waals surface area (Å²) in [6.07, 6.45) is 5.46. The Morgan fingerprint density at radius 2 is 1.61 bits per heavy atom. The molecule has 1 unspecified atom stereocenters. The fourth-order valence-corrected chi connectivity index (χ4v) is 7.00. The van der Waals surface area contributed by atoms with Gasteiger partial charge in [-0.2, -0.15) is 0 Å². The second kappa shape index (κ2) is 15.1. The highest BCUT2D eigenvalue weighted by atomic mass is 32.2. The van der Waals surface area contributed by atoms with Gasteiger partial charge in [0.25, 0.3) is 10.0 Å². The van der Waals surface area contributed by atoms with Crippen molar-refractivity contribution in [1.29, 1.82) is 0 Å². The molecule has 0 radical (unpaired) electrons. The Balaban J connectivity index is 1.76. The lowest BCUT2D eigenvalue weighted by Gasteiger charge is -2.34. The summed E-state index contributed by atoms with van der Waals surface area (Å²) < 4.78 is 40.5. The SMILES string of the molecule is CCC(C(=O)NC1CCCCC1)N(Cc1ccccc1)C(=O)CN(c1cc(OC)ccc1OC)S(=O)(=O)c1ccc(C)cc1. The first-order valence-electron chi connectivity index (χ1n) is 15.1. The van der Waals surface area contributed by atoms with Crippen LogP contribution < -0.4 is 19.1 Å². The van der Waals surface area contributed by atoms with E-state index in [0.29, 0.717) is 12.2 Å². The first-order chi connectivity index (χ1) is 21.2. The molecule has 0 aromatic heterocycles. The minimum absolute atomic E-state index is 0.0254. The number of ether oxygens (including phenoxy) is 2. The van der Waals surface area contributed by atoms with E-state index in [-0.39, 0.29) is 34.8 Å². The van der Waals surface area contributed by atoms with Crippen LogP contribution in [0.15, 0.2) is 77.7 Å². The molecule has 3 aromatic carbocycles. The van der Waals surface area contributed by atoms with Crippen molar-refractivity contribution < 1.29 is 27.5 Å². The molecule has 1 saturated carbocycles. The van der Waals surface area contributed by atoms with E-state index >= 15 is 0 Å². The molecule has 0 aliphatic heterocycles. The number of benzene rings is 3. The van der Waals surface area contributed by atoms with E-state index in [9.17, 15) is 18.0 Å². The van der Waals surface area contributed by atoms with Crippen molar-refractivity contribution in [2.45, 2.75) is 75.9 Å². The maximum atomic E-state index is 14.4. The number of nitrogens with one attached hydrogen (secondary N) is 1. The molecular formula is C34H43N3O6S. The smallest absolute Gasteiger partial charge is 0.264 e. The standard InChI is InChI=1S/C34H43N3O6S/c1-5-30(34(39)35-27-14-10-7-11-15-27)36(23-26-12-8-6-9-13-26)33(38)24-37(31-22-28(42-3)18-21-32(31)43-4)44(40,41)29-19-16-25(2)17-20-29/h6,8-9,12-13,16-22,27,30H,5,7,10-11,14-15,23-24H2,1-4H3,(H,35,39). The molecule has 1 atom stereocenters. The third kappa shape index (κ3) is 7.91. The lowest BCUT2D eigenvalue weighted by Crippen LogP contribution is -2.54. The lowest BCUT2D eigenvalue weighted by atomic mass is 9.95. The van der Waals surface area contributed by atoms with Crippen molar-refractivity contribution in [2.75, 3.05) is 25.1 Å². The molecule has 1 aliphatic rings. The molecule has 10 heteroatoms. The number of aryl methyl sites for hydroxylation is 1. The summed E-state index contributed by atoms with van der Waals surface area (Å²) in [5.41, 5.74) is 1.88. The third-order valence-corrected chi connectivity index (χ3v) is 9.85. The maximum absolute atomic E-state index is 14.4. The van der Waals surface area contributed by atoms with Gasteiger partial charge in [-0.05, 0) is 56.0 Å². The van der Waals surface area contributed by atoms with Gasteiger partial charge in [0.15, 0.2) is 0 Å². The number of carbonyl (C=O) groups excluding carboxylic acids is 2. The van der Waals surface area contributed by atoms with Crippen molar-refractivity contribution in [3.63, 3.8) is 0 Å². The molecule has 3 aromatic rings. The summed E-state index contributed by atoms with van der Waals surface area (Å²) in [5.74, 6) is -0.0848. The zero-order chi connectivity index (χ0) is 31.7. The fraction of sp³-hybridized carbons (Fsp3) is 0.412. The number of amides is 2. The van der Waals surface area contributed by atoms with Gasteiger partial charge in [0.1, 0.15) is 24.1 Å².